The highest BCUT2D eigenvalue weighted by Gasteiger charge is 2.27. The second-order valence-electron chi connectivity index (χ2n) is 6.50. The molecule has 1 aliphatic rings. The highest BCUT2D eigenvalue weighted by molar-refractivity contribution is 6.31. The average Bonchev–Trinajstić information content (AvgIpc) is 2.74. The van der Waals surface area contributed by atoms with Crippen LogP contribution in [0.3, 0.4) is 0 Å². The van der Waals surface area contributed by atoms with Crippen molar-refractivity contribution in [3.05, 3.63) is 125 Å². The van der Waals surface area contributed by atoms with Crippen molar-refractivity contribution in [1.29, 1.82) is 0 Å². The van der Waals surface area contributed by atoms with Crippen LogP contribution in [0.4, 0.5) is 10.1 Å². The first-order valence-corrected chi connectivity index (χ1v) is 9.29. The van der Waals surface area contributed by atoms with Crippen LogP contribution in [-0.2, 0) is 0 Å². The molecule has 4 rings (SSSR count). The molecule has 0 aliphatic carbocycles. The summed E-state index contributed by atoms with van der Waals surface area (Å²) in [5.74, 6) is -0.636. The molecule has 0 spiro atoms. The molecule has 0 amide bonds. The SMILES string of the molecule is O=C(C1=CN(c2ccc(F)cc2)C=CC1c1ccccc1Cl)c1ccccc1. The predicted octanol–water partition coefficient (Wildman–Crippen LogP) is 6.36. The number of carbonyl (C=O) groups is 1. The molecule has 138 valence electrons. The maximum atomic E-state index is 13.3. The minimum absolute atomic E-state index is 0.0676. The number of nitrogens with zero attached hydrogens (tertiary/aromatic N) is 1. The molecule has 0 fully saturated rings. The number of allylic oxidation sites excluding steroid dienone is 2. The molecule has 1 aliphatic heterocycles. The van der Waals surface area contributed by atoms with E-state index >= 15 is 0 Å². The quantitative estimate of drug-likeness (QED) is 0.483. The monoisotopic (exact) mass is 389 g/mol. The van der Waals surface area contributed by atoms with Gasteiger partial charge in [-0.05, 0) is 35.9 Å². The molecule has 0 saturated heterocycles. The molecular weight excluding hydrogens is 373 g/mol. The van der Waals surface area contributed by atoms with Gasteiger partial charge >= 0.3 is 0 Å². The van der Waals surface area contributed by atoms with E-state index < -0.39 is 0 Å². The summed E-state index contributed by atoms with van der Waals surface area (Å²) in [6.07, 6.45) is 5.63. The zero-order chi connectivity index (χ0) is 19.5. The average molecular weight is 390 g/mol. The number of anilines is 1. The van der Waals surface area contributed by atoms with Crippen LogP contribution in [0.25, 0.3) is 0 Å². The van der Waals surface area contributed by atoms with Gasteiger partial charge in [-0.3, -0.25) is 4.79 Å². The Balaban J connectivity index is 1.78. The molecule has 0 radical (unpaired) electrons. The first kappa shape index (κ1) is 18.2. The Hall–Kier alpha value is -3.17. The van der Waals surface area contributed by atoms with Gasteiger partial charge in [0.25, 0.3) is 0 Å². The molecule has 1 heterocycles. The Bertz CT molecular complexity index is 1060. The van der Waals surface area contributed by atoms with Crippen molar-refractivity contribution in [3.8, 4) is 0 Å². The fourth-order valence-electron chi connectivity index (χ4n) is 3.28. The maximum absolute atomic E-state index is 13.3. The smallest absolute Gasteiger partial charge is 0.191 e. The van der Waals surface area contributed by atoms with Crippen LogP contribution in [0.2, 0.25) is 5.02 Å². The van der Waals surface area contributed by atoms with Crippen molar-refractivity contribution < 1.29 is 9.18 Å². The van der Waals surface area contributed by atoms with Crippen molar-refractivity contribution in [3.63, 3.8) is 0 Å². The lowest BCUT2D eigenvalue weighted by molar-refractivity contribution is 0.102. The molecule has 3 aromatic carbocycles. The van der Waals surface area contributed by atoms with Crippen LogP contribution in [0.5, 0.6) is 0 Å². The molecular formula is C24H17ClFNO. The van der Waals surface area contributed by atoms with Gasteiger partial charge in [0.2, 0.25) is 0 Å². The Kier molecular flexibility index (Phi) is 5.09. The predicted molar refractivity (Wildman–Crippen MR) is 111 cm³/mol. The molecule has 2 nitrogen and oxygen atoms in total. The standard InChI is InChI=1S/C24H17ClFNO/c25-23-9-5-4-8-21(23)20-14-15-27(19-12-10-18(26)11-13-19)16-22(20)24(28)17-6-2-1-3-7-17/h1-16,20H. The summed E-state index contributed by atoms with van der Waals surface area (Å²) in [4.78, 5) is 15.1. The van der Waals surface area contributed by atoms with Gasteiger partial charge in [0, 0.05) is 40.2 Å². The van der Waals surface area contributed by atoms with E-state index in [1.807, 2.05) is 59.6 Å². The van der Waals surface area contributed by atoms with E-state index in [2.05, 4.69) is 0 Å². The fraction of sp³-hybridized carbons (Fsp3) is 0.0417. The number of rotatable bonds is 4. The van der Waals surface area contributed by atoms with E-state index in [9.17, 15) is 9.18 Å². The van der Waals surface area contributed by atoms with Gasteiger partial charge in [0.05, 0.1) is 0 Å². The molecule has 1 atom stereocenters. The lowest BCUT2D eigenvalue weighted by Gasteiger charge is -2.27. The van der Waals surface area contributed by atoms with Crippen LogP contribution >= 0.6 is 11.6 Å². The van der Waals surface area contributed by atoms with Crippen LogP contribution in [0.1, 0.15) is 21.8 Å². The highest BCUT2D eigenvalue weighted by atomic mass is 35.5. The third-order valence-corrected chi connectivity index (χ3v) is 5.06. The van der Waals surface area contributed by atoms with E-state index in [0.29, 0.717) is 16.2 Å². The normalized spacial score (nSPS) is 16.0. The first-order chi connectivity index (χ1) is 13.6. The van der Waals surface area contributed by atoms with E-state index in [1.165, 1.54) is 12.1 Å². The van der Waals surface area contributed by atoms with Gasteiger partial charge in [0.15, 0.2) is 5.78 Å². The lowest BCUT2D eigenvalue weighted by atomic mass is 9.85. The van der Waals surface area contributed by atoms with Crippen LogP contribution in [0, 0.1) is 5.82 Å². The van der Waals surface area contributed by atoms with E-state index in [0.717, 1.165) is 11.3 Å². The molecule has 4 heteroatoms. The summed E-state index contributed by atoms with van der Waals surface area (Å²) < 4.78 is 13.3. The molecule has 0 bridgehead atoms. The number of ketones is 1. The summed E-state index contributed by atoms with van der Waals surface area (Å²) in [5, 5.41) is 0.610. The molecule has 0 saturated carbocycles. The fourth-order valence-corrected chi connectivity index (χ4v) is 3.54. The Morgan fingerprint density at radius 1 is 0.893 bits per heavy atom. The molecule has 28 heavy (non-hydrogen) atoms. The van der Waals surface area contributed by atoms with Crippen molar-refractivity contribution in [2.75, 3.05) is 4.90 Å². The van der Waals surface area contributed by atoms with Gasteiger partial charge in [-0.2, -0.15) is 0 Å². The van der Waals surface area contributed by atoms with E-state index in [4.69, 9.17) is 11.6 Å². The van der Waals surface area contributed by atoms with Crippen molar-refractivity contribution in [1.82, 2.24) is 0 Å². The van der Waals surface area contributed by atoms with Crippen molar-refractivity contribution in [2.45, 2.75) is 5.92 Å². The van der Waals surface area contributed by atoms with Crippen LogP contribution in [0.15, 0.2) is 103 Å². The number of benzene rings is 3. The first-order valence-electron chi connectivity index (χ1n) is 8.91. The summed E-state index contributed by atoms with van der Waals surface area (Å²) in [5.41, 5.74) is 2.86. The van der Waals surface area contributed by atoms with E-state index in [1.54, 1.807) is 30.5 Å². The number of hydrogen-bond acceptors (Lipinski definition) is 2. The molecule has 1 unspecified atom stereocenters. The summed E-state index contributed by atoms with van der Waals surface area (Å²) in [7, 11) is 0. The number of halogens is 2. The zero-order valence-electron chi connectivity index (χ0n) is 14.9. The second-order valence-corrected chi connectivity index (χ2v) is 6.91. The number of carbonyl (C=O) groups excluding carboxylic acids is 1. The van der Waals surface area contributed by atoms with Crippen LogP contribution in [-0.4, -0.2) is 5.78 Å². The summed E-state index contributed by atoms with van der Waals surface area (Å²) in [6.45, 7) is 0. The number of hydrogen-bond donors (Lipinski definition) is 0. The number of Topliss-reactive ketones (excluding diaryl/α,β-unsaturated/α-hetero) is 1. The van der Waals surface area contributed by atoms with Crippen molar-refractivity contribution >= 4 is 23.1 Å². The van der Waals surface area contributed by atoms with Gasteiger partial charge < -0.3 is 4.90 Å². The Morgan fingerprint density at radius 3 is 2.29 bits per heavy atom. The largest absolute Gasteiger partial charge is 0.324 e. The minimum Gasteiger partial charge on any atom is -0.324 e. The maximum Gasteiger partial charge on any atom is 0.191 e. The molecule has 0 N–H and O–H groups in total. The third-order valence-electron chi connectivity index (χ3n) is 4.72. The minimum atomic E-state index is -0.303. The zero-order valence-corrected chi connectivity index (χ0v) is 15.7. The van der Waals surface area contributed by atoms with Crippen molar-refractivity contribution in [2.24, 2.45) is 0 Å². The van der Waals surface area contributed by atoms with Gasteiger partial charge in [-0.15, -0.1) is 0 Å². The highest BCUT2D eigenvalue weighted by Crippen LogP contribution is 2.36. The molecule has 3 aromatic rings. The Labute approximate surface area is 168 Å². The lowest BCUT2D eigenvalue weighted by Crippen LogP contribution is -2.21. The van der Waals surface area contributed by atoms with Gasteiger partial charge in [-0.25, -0.2) is 4.39 Å². The van der Waals surface area contributed by atoms with E-state index in [-0.39, 0.29) is 17.5 Å². The van der Waals surface area contributed by atoms with Crippen LogP contribution < -0.4 is 4.90 Å². The summed E-state index contributed by atoms with van der Waals surface area (Å²) >= 11 is 6.42. The second kappa shape index (κ2) is 7.83. The Morgan fingerprint density at radius 2 is 1.57 bits per heavy atom. The molecule has 0 aromatic heterocycles. The van der Waals surface area contributed by atoms with Gasteiger partial charge in [-0.1, -0.05) is 66.2 Å². The topological polar surface area (TPSA) is 20.3 Å². The summed E-state index contributed by atoms with van der Waals surface area (Å²) in [6, 6.07) is 22.8. The third kappa shape index (κ3) is 3.62. The van der Waals surface area contributed by atoms with Gasteiger partial charge in [0.1, 0.15) is 5.82 Å².